The smallest absolute Gasteiger partial charge is 0.100 e. The highest BCUT2D eigenvalue weighted by atomic mass is 32.2. The van der Waals surface area contributed by atoms with Crippen LogP contribution >= 0.6 is 11.8 Å². The van der Waals surface area contributed by atoms with Crippen LogP contribution in [-0.2, 0) is 6.42 Å². The van der Waals surface area contributed by atoms with Gasteiger partial charge in [-0.15, -0.1) is 0 Å². The Labute approximate surface area is 87.0 Å². The van der Waals surface area contributed by atoms with Crippen molar-refractivity contribution < 1.29 is 0 Å². The SMILES string of the molecule is CCc1cc(C#N)c2c(c1)N=C=CS2. The maximum atomic E-state index is 8.97. The molecule has 0 aromatic heterocycles. The molecule has 0 saturated carbocycles. The minimum Gasteiger partial charge on any atom is -0.205 e. The molecule has 1 aromatic carbocycles. The van der Waals surface area contributed by atoms with Crippen molar-refractivity contribution >= 4 is 23.3 Å². The number of hydrogen-bond acceptors (Lipinski definition) is 3. The zero-order chi connectivity index (χ0) is 9.97. The Balaban J connectivity index is 2.66. The second-order valence-electron chi connectivity index (χ2n) is 2.93. The van der Waals surface area contributed by atoms with Gasteiger partial charge in [0.15, 0.2) is 0 Å². The van der Waals surface area contributed by atoms with Gasteiger partial charge < -0.3 is 0 Å². The first-order valence-corrected chi connectivity index (χ1v) is 5.24. The molecule has 2 rings (SSSR count). The first kappa shape index (κ1) is 9.08. The third-order valence-corrected chi connectivity index (χ3v) is 2.96. The lowest BCUT2D eigenvalue weighted by Gasteiger charge is -2.08. The highest BCUT2D eigenvalue weighted by Gasteiger charge is 2.11. The molecule has 3 heteroatoms. The van der Waals surface area contributed by atoms with Crippen LogP contribution in [0.4, 0.5) is 5.69 Å². The summed E-state index contributed by atoms with van der Waals surface area (Å²) < 4.78 is 0. The summed E-state index contributed by atoms with van der Waals surface area (Å²) in [5.74, 6) is 2.80. The quantitative estimate of drug-likeness (QED) is 0.698. The average molecular weight is 200 g/mol. The zero-order valence-corrected chi connectivity index (χ0v) is 8.56. The van der Waals surface area contributed by atoms with Gasteiger partial charge in [0.05, 0.1) is 16.1 Å². The molecule has 1 aromatic rings. The standard InChI is InChI=1S/C11H8N2S/c1-2-8-5-9(7-12)11-10(6-8)13-3-4-14-11/h4-6H,2H2,1H3. The highest BCUT2D eigenvalue weighted by molar-refractivity contribution is 8.02. The number of rotatable bonds is 1. The Hall–Kier alpha value is -1.49. The maximum absolute atomic E-state index is 8.97. The van der Waals surface area contributed by atoms with E-state index < -0.39 is 0 Å². The Morgan fingerprint density at radius 2 is 2.43 bits per heavy atom. The minimum absolute atomic E-state index is 0.714. The molecule has 0 fully saturated rings. The van der Waals surface area contributed by atoms with Gasteiger partial charge >= 0.3 is 0 Å². The van der Waals surface area contributed by atoms with Crippen LogP contribution in [0, 0.1) is 11.3 Å². The molecule has 1 heterocycles. The predicted octanol–water partition coefficient (Wildman–Crippen LogP) is 3.04. The number of benzene rings is 1. The van der Waals surface area contributed by atoms with E-state index >= 15 is 0 Å². The fraction of sp³-hybridized carbons (Fsp3) is 0.182. The van der Waals surface area contributed by atoms with Crippen molar-refractivity contribution in [3.63, 3.8) is 0 Å². The van der Waals surface area contributed by atoms with E-state index in [2.05, 4.69) is 23.9 Å². The molecule has 1 aliphatic rings. The summed E-state index contributed by atoms with van der Waals surface area (Å²) in [5.41, 5.74) is 2.73. The van der Waals surface area contributed by atoms with Gasteiger partial charge in [-0.1, -0.05) is 18.7 Å². The van der Waals surface area contributed by atoms with Gasteiger partial charge in [0.25, 0.3) is 0 Å². The van der Waals surface area contributed by atoms with Gasteiger partial charge in [-0.2, -0.15) is 5.26 Å². The first-order valence-electron chi connectivity index (χ1n) is 4.36. The number of nitriles is 1. The second kappa shape index (κ2) is 3.71. The third-order valence-electron chi connectivity index (χ3n) is 2.07. The molecule has 0 radical (unpaired) electrons. The van der Waals surface area contributed by atoms with Crippen LogP contribution in [0.25, 0.3) is 0 Å². The summed E-state index contributed by atoms with van der Waals surface area (Å²) in [4.78, 5) is 5.08. The number of aliphatic imine (C=N–C) groups is 1. The molecular formula is C11H8N2S. The van der Waals surface area contributed by atoms with E-state index in [1.807, 2.05) is 12.1 Å². The van der Waals surface area contributed by atoms with Crippen LogP contribution in [0.5, 0.6) is 0 Å². The van der Waals surface area contributed by atoms with Crippen LogP contribution in [-0.4, -0.2) is 5.87 Å². The molecule has 1 aliphatic heterocycles. The number of hydrogen-bond donors (Lipinski definition) is 0. The van der Waals surface area contributed by atoms with Crippen molar-refractivity contribution in [2.24, 2.45) is 4.99 Å². The van der Waals surface area contributed by atoms with E-state index in [1.54, 1.807) is 5.41 Å². The van der Waals surface area contributed by atoms with Crippen molar-refractivity contribution in [3.05, 3.63) is 28.7 Å². The summed E-state index contributed by atoms with van der Waals surface area (Å²) in [7, 11) is 0. The van der Waals surface area contributed by atoms with Gasteiger partial charge in [-0.25, -0.2) is 4.99 Å². The summed E-state index contributed by atoms with van der Waals surface area (Å²) in [6.45, 7) is 2.07. The Kier molecular flexibility index (Phi) is 2.41. The largest absolute Gasteiger partial charge is 0.205 e. The fourth-order valence-electron chi connectivity index (χ4n) is 1.35. The molecule has 14 heavy (non-hydrogen) atoms. The van der Waals surface area contributed by atoms with Crippen LogP contribution < -0.4 is 0 Å². The normalized spacial score (nSPS) is 12.3. The van der Waals surface area contributed by atoms with Gasteiger partial charge in [0, 0.05) is 5.41 Å². The van der Waals surface area contributed by atoms with Crippen molar-refractivity contribution in [3.8, 4) is 6.07 Å². The molecule has 0 unspecified atom stereocenters. The number of aryl methyl sites for hydroxylation is 1. The number of thioether (sulfide) groups is 1. The Bertz CT molecular complexity index is 477. The molecule has 68 valence electrons. The van der Waals surface area contributed by atoms with Crippen molar-refractivity contribution in [1.82, 2.24) is 0 Å². The first-order chi connectivity index (χ1) is 6.85. The second-order valence-corrected chi connectivity index (χ2v) is 3.81. The van der Waals surface area contributed by atoms with Gasteiger partial charge in [-0.05, 0) is 30.0 Å². The maximum Gasteiger partial charge on any atom is 0.100 e. The number of nitrogens with zero attached hydrogens (tertiary/aromatic N) is 2. The monoisotopic (exact) mass is 200 g/mol. The molecule has 0 atom stereocenters. The van der Waals surface area contributed by atoms with Crippen LogP contribution in [0.2, 0.25) is 0 Å². The summed E-state index contributed by atoms with van der Waals surface area (Å²) >= 11 is 1.51. The van der Waals surface area contributed by atoms with E-state index in [0.29, 0.717) is 5.56 Å². The molecule has 0 saturated heterocycles. The zero-order valence-electron chi connectivity index (χ0n) is 7.74. The van der Waals surface area contributed by atoms with Gasteiger partial charge in [-0.3, -0.25) is 0 Å². The molecule has 0 N–H and O–H groups in total. The van der Waals surface area contributed by atoms with Gasteiger partial charge in [0.1, 0.15) is 6.07 Å². The Morgan fingerprint density at radius 1 is 1.57 bits per heavy atom. The number of fused-ring (bicyclic) bond motifs is 1. The van der Waals surface area contributed by atoms with Crippen molar-refractivity contribution in [2.45, 2.75) is 18.2 Å². The molecular weight excluding hydrogens is 192 g/mol. The fourth-order valence-corrected chi connectivity index (χ4v) is 2.03. The van der Waals surface area contributed by atoms with Gasteiger partial charge in [0.2, 0.25) is 0 Å². The van der Waals surface area contributed by atoms with E-state index in [9.17, 15) is 0 Å². The van der Waals surface area contributed by atoms with Crippen molar-refractivity contribution in [2.75, 3.05) is 0 Å². The lowest BCUT2D eigenvalue weighted by Crippen LogP contribution is -1.88. The summed E-state index contributed by atoms with van der Waals surface area (Å²) in [5, 5.41) is 10.7. The summed E-state index contributed by atoms with van der Waals surface area (Å²) in [6.07, 6.45) is 0.922. The van der Waals surface area contributed by atoms with Crippen molar-refractivity contribution in [1.29, 1.82) is 5.26 Å². The molecule has 0 aliphatic carbocycles. The average Bonchev–Trinajstić information content (AvgIpc) is 2.27. The summed E-state index contributed by atoms with van der Waals surface area (Å²) in [6, 6.07) is 6.15. The van der Waals surface area contributed by atoms with Crippen LogP contribution in [0.3, 0.4) is 0 Å². The van der Waals surface area contributed by atoms with E-state index in [4.69, 9.17) is 5.26 Å². The Morgan fingerprint density at radius 3 is 3.14 bits per heavy atom. The minimum atomic E-state index is 0.714. The van der Waals surface area contributed by atoms with Crippen LogP contribution in [0.1, 0.15) is 18.1 Å². The molecule has 0 spiro atoms. The molecule has 0 bridgehead atoms. The molecule has 0 amide bonds. The highest BCUT2D eigenvalue weighted by Crippen LogP contribution is 2.36. The topological polar surface area (TPSA) is 36.1 Å². The van der Waals surface area contributed by atoms with E-state index in [1.165, 1.54) is 11.8 Å². The van der Waals surface area contributed by atoms with E-state index in [-0.39, 0.29) is 0 Å². The molecule has 2 nitrogen and oxygen atoms in total. The van der Waals surface area contributed by atoms with Crippen LogP contribution in [0.15, 0.2) is 27.4 Å². The lowest BCUT2D eigenvalue weighted by atomic mass is 10.1. The predicted molar refractivity (Wildman–Crippen MR) is 58.1 cm³/mol. The van der Waals surface area contributed by atoms with E-state index in [0.717, 1.165) is 22.6 Å². The third kappa shape index (κ3) is 1.46. The lowest BCUT2D eigenvalue weighted by molar-refractivity contribution is 1.12.